The Balaban J connectivity index is 1.79. The molecular formula is C18H30N6O2S. The maximum absolute atomic E-state index is 11.0. The fourth-order valence-electron chi connectivity index (χ4n) is 2.79. The lowest BCUT2D eigenvalue weighted by molar-refractivity contribution is 0.584. The van der Waals surface area contributed by atoms with Gasteiger partial charge in [-0.1, -0.05) is 12.1 Å². The van der Waals surface area contributed by atoms with Crippen molar-refractivity contribution in [2.45, 2.75) is 33.2 Å². The first-order chi connectivity index (χ1) is 12.9. The third kappa shape index (κ3) is 7.18. The number of aryl methyl sites for hydroxylation is 2. The van der Waals surface area contributed by atoms with E-state index in [2.05, 4.69) is 36.0 Å². The first kappa shape index (κ1) is 21.2. The zero-order valence-corrected chi connectivity index (χ0v) is 17.1. The Hall–Kier alpha value is -2.13. The molecule has 8 nitrogen and oxygen atoms in total. The molecule has 0 aliphatic rings. The van der Waals surface area contributed by atoms with Gasteiger partial charge in [-0.15, -0.1) is 0 Å². The summed E-state index contributed by atoms with van der Waals surface area (Å²) in [7, 11) is -3.12. The van der Waals surface area contributed by atoms with Gasteiger partial charge in [-0.3, -0.25) is 4.99 Å². The molecule has 0 radical (unpaired) electrons. The van der Waals surface area contributed by atoms with Crippen LogP contribution in [0.4, 0.5) is 0 Å². The van der Waals surface area contributed by atoms with Crippen LogP contribution >= 0.6 is 0 Å². The molecule has 9 heteroatoms. The second-order valence-corrected chi connectivity index (χ2v) is 8.19. The number of benzene rings is 1. The molecule has 0 amide bonds. The van der Waals surface area contributed by atoms with Crippen LogP contribution in [0.5, 0.6) is 0 Å². The van der Waals surface area contributed by atoms with Crippen molar-refractivity contribution in [3.63, 3.8) is 0 Å². The number of nitrogens with zero attached hydrogens (tertiary/aromatic N) is 3. The molecule has 3 N–H and O–H groups in total. The largest absolute Gasteiger partial charge is 0.357 e. The number of rotatable bonds is 10. The van der Waals surface area contributed by atoms with Crippen LogP contribution in [0.15, 0.2) is 29.3 Å². The lowest BCUT2D eigenvalue weighted by Crippen LogP contribution is -2.38. The van der Waals surface area contributed by atoms with Gasteiger partial charge in [-0.2, -0.15) is 0 Å². The molecule has 0 unspecified atom stereocenters. The van der Waals surface area contributed by atoms with Crippen LogP contribution < -0.4 is 15.4 Å². The summed E-state index contributed by atoms with van der Waals surface area (Å²) in [6, 6.07) is 8.16. The molecule has 0 spiro atoms. The van der Waals surface area contributed by atoms with E-state index >= 15 is 0 Å². The van der Waals surface area contributed by atoms with Crippen LogP contribution in [0.3, 0.4) is 0 Å². The molecule has 0 aliphatic heterocycles. The van der Waals surface area contributed by atoms with Crippen molar-refractivity contribution < 1.29 is 8.42 Å². The third-order valence-corrected chi connectivity index (χ3v) is 4.74. The van der Waals surface area contributed by atoms with Crippen molar-refractivity contribution in [2.75, 3.05) is 32.4 Å². The minimum absolute atomic E-state index is 0.415. The Bertz CT molecular complexity index is 860. The molecule has 0 saturated carbocycles. The lowest BCUT2D eigenvalue weighted by atomic mass is 10.3. The summed E-state index contributed by atoms with van der Waals surface area (Å²) in [5.74, 6) is 1.77. The van der Waals surface area contributed by atoms with Crippen LogP contribution in [0.25, 0.3) is 11.0 Å². The number of aliphatic imine (C=N–C) groups is 1. The molecule has 1 heterocycles. The number of imidazole rings is 1. The van der Waals surface area contributed by atoms with Gasteiger partial charge >= 0.3 is 0 Å². The number of guanidine groups is 1. The van der Waals surface area contributed by atoms with Gasteiger partial charge in [0.15, 0.2) is 5.96 Å². The highest BCUT2D eigenvalue weighted by Crippen LogP contribution is 2.15. The van der Waals surface area contributed by atoms with Crippen molar-refractivity contribution in [3.8, 4) is 0 Å². The quantitative estimate of drug-likeness (QED) is 0.320. The summed E-state index contributed by atoms with van der Waals surface area (Å²) in [4.78, 5) is 9.18. The summed E-state index contributed by atoms with van der Waals surface area (Å²) in [6.07, 6.45) is 2.77. The van der Waals surface area contributed by atoms with E-state index in [1.165, 1.54) is 0 Å². The number of fused-ring (bicyclic) bond motifs is 1. The molecule has 0 aliphatic carbocycles. The summed E-state index contributed by atoms with van der Waals surface area (Å²) in [5, 5.41) is 6.43. The first-order valence-electron chi connectivity index (χ1n) is 9.29. The number of hydrogen-bond acceptors (Lipinski definition) is 4. The molecule has 27 heavy (non-hydrogen) atoms. The molecule has 0 atom stereocenters. The molecule has 1 aromatic heterocycles. The summed E-state index contributed by atoms with van der Waals surface area (Å²) in [5.41, 5.74) is 2.18. The molecule has 150 valence electrons. The van der Waals surface area contributed by atoms with E-state index in [1.807, 2.05) is 32.0 Å². The fourth-order valence-corrected chi connectivity index (χ4v) is 3.31. The van der Waals surface area contributed by atoms with Crippen LogP contribution in [0, 0.1) is 6.92 Å². The van der Waals surface area contributed by atoms with Gasteiger partial charge in [0.25, 0.3) is 0 Å². The van der Waals surface area contributed by atoms with Crippen LogP contribution in [0.1, 0.15) is 25.6 Å². The van der Waals surface area contributed by atoms with Gasteiger partial charge in [-0.25, -0.2) is 18.1 Å². The predicted molar refractivity (Wildman–Crippen MR) is 111 cm³/mol. The van der Waals surface area contributed by atoms with Crippen LogP contribution in [0.2, 0.25) is 0 Å². The summed E-state index contributed by atoms with van der Waals surface area (Å²) < 4.78 is 26.8. The standard InChI is InChI=1S/C18H30N6O2S/c1-4-19-18(20-11-7-13-22-27(3,25)26)21-12-8-14-24-15(2)23-16-9-5-6-10-17(16)24/h5-6,9-10,22H,4,7-8,11-14H2,1-3H3,(H2,19,20,21). The number of para-hydroxylation sites is 2. The Labute approximate surface area is 161 Å². The van der Waals surface area contributed by atoms with Gasteiger partial charge in [-0.05, 0) is 38.8 Å². The SMILES string of the molecule is CCNC(=NCCCn1c(C)nc2ccccc21)NCCCNS(C)(=O)=O. The fraction of sp³-hybridized carbons (Fsp3) is 0.556. The third-order valence-electron chi connectivity index (χ3n) is 4.01. The monoisotopic (exact) mass is 394 g/mol. The van der Waals surface area contributed by atoms with Gasteiger partial charge in [0, 0.05) is 32.7 Å². The number of nitrogens with one attached hydrogen (secondary N) is 3. The minimum atomic E-state index is -3.12. The average molecular weight is 395 g/mol. The van der Waals surface area contributed by atoms with E-state index in [4.69, 9.17) is 0 Å². The zero-order valence-electron chi connectivity index (χ0n) is 16.3. The number of aromatic nitrogens is 2. The highest BCUT2D eigenvalue weighted by Gasteiger charge is 2.06. The molecular weight excluding hydrogens is 364 g/mol. The van der Waals surface area contributed by atoms with Crippen molar-refractivity contribution >= 4 is 27.0 Å². The van der Waals surface area contributed by atoms with Crippen LogP contribution in [-0.4, -0.2) is 56.4 Å². The second-order valence-electron chi connectivity index (χ2n) is 6.36. The van der Waals surface area contributed by atoms with E-state index in [1.54, 1.807) is 0 Å². The Kier molecular flexibility index (Phi) is 8.05. The molecule has 2 aromatic rings. The van der Waals surface area contributed by atoms with E-state index in [-0.39, 0.29) is 0 Å². The van der Waals surface area contributed by atoms with Crippen LogP contribution in [-0.2, 0) is 16.6 Å². The van der Waals surface area contributed by atoms with Crippen molar-refractivity contribution in [1.29, 1.82) is 0 Å². The smallest absolute Gasteiger partial charge is 0.208 e. The van der Waals surface area contributed by atoms with Crippen molar-refractivity contribution in [3.05, 3.63) is 30.1 Å². The van der Waals surface area contributed by atoms with Gasteiger partial charge in [0.1, 0.15) is 5.82 Å². The number of sulfonamides is 1. The first-order valence-corrected chi connectivity index (χ1v) is 11.2. The lowest BCUT2D eigenvalue weighted by Gasteiger charge is -2.11. The highest BCUT2D eigenvalue weighted by molar-refractivity contribution is 7.88. The zero-order chi connectivity index (χ0) is 19.7. The van der Waals surface area contributed by atoms with Gasteiger partial charge in [0.05, 0.1) is 17.3 Å². The maximum Gasteiger partial charge on any atom is 0.208 e. The van der Waals surface area contributed by atoms with E-state index in [9.17, 15) is 8.42 Å². The Morgan fingerprint density at radius 2 is 1.96 bits per heavy atom. The number of hydrogen-bond donors (Lipinski definition) is 3. The molecule has 1 aromatic carbocycles. The van der Waals surface area contributed by atoms with Crippen molar-refractivity contribution in [2.24, 2.45) is 4.99 Å². The molecule has 2 rings (SSSR count). The Morgan fingerprint density at radius 1 is 1.19 bits per heavy atom. The molecule has 0 saturated heterocycles. The summed E-state index contributed by atoms with van der Waals surface area (Å²) >= 11 is 0. The summed E-state index contributed by atoms with van der Waals surface area (Å²) in [6.45, 7) is 7.45. The van der Waals surface area contributed by atoms with Gasteiger partial charge < -0.3 is 15.2 Å². The maximum atomic E-state index is 11.0. The van der Waals surface area contributed by atoms with E-state index in [0.717, 1.165) is 48.6 Å². The molecule has 0 fully saturated rings. The second kappa shape index (κ2) is 10.3. The predicted octanol–water partition coefficient (Wildman–Crippen LogP) is 1.23. The normalized spacial score (nSPS) is 12.5. The average Bonchev–Trinajstić information content (AvgIpc) is 2.92. The van der Waals surface area contributed by atoms with Crippen molar-refractivity contribution in [1.82, 2.24) is 24.9 Å². The van der Waals surface area contributed by atoms with Gasteiger partial charge in [0.2, 0.25) is 10.0 Å². The highest BCUT2D eigenvalue weighted by atomic mass is 32.2. The van der Waals surface area contributed by atoms with E-state index < -0.39 is 10.0 Å². The topological polar surface area (TPSA) is 100 Å². The molecule has 0 bridgehead atoms. The Morgan fingerprint density at radius 3 is 2.70 bits per heavy atom. The minimum Gasteiger partial charge on any atom is -0.357 e. The van der Waals surface area contributed by atoms with E-state index in [0.29, 0.717) is 26.1 Å².